The van der Waals surface area contributed by atoms with Gasteiger partial charge in [0.05, 0.1) is 11.5 Å². The first-order chi connectivity index (χ1) is 10.3. The Labute approximate surface area is 126 Å². The number of nitrogens with one attached hydrogen (secondary N) is 1. The van der Waals surface area contributed by atoms with Crippen molar-refractivity contribution in [3.63, 3.8) is 0 Å². The number of alkyl halides is 3. The fourth-order valence-corrected chi connectivity index (χ4v) is 2.57. The van der Waals surface area contributed by atoms with Crippen molar-refractivity contribution in [1.82, 2.24) is 4.90 Å². The Kier molecular flexibility index (Phi) is 5.23. The number of anilines is 1. The van der Waals surface area contributed by atoms with E-state index in [-0.39, 0.29) is 5.69 Å². The predicted molar refractivity (Wildman–Crippen MR) is 76.8 cm³/mol. The summed E-state index contributed by atoms with van der Waals surface area (Å²) in [7, 11) is 0. The van der Waals surface area contributed by atoms with E-state index in [1.54, 1.807) is 12.1 Å². The maximum atomic E-state index is 12.3. The summed E-state index contributed by atoms with van der Waals surface area (Å²) in [5, 5.41) is 13.7. The topological polar surface area (TPSA) is 58.4 Å². The number of hydrogen-bond acceptors (Lipinski definition) is 4. The van der Waals surface area contributed by atoms with E-state index in [2.05, 4.69) is 5.32 Å². The van der Waals surface area contributed by atoms with Gasteiger partial charge in [-0.2, -0.15) is 13.2 Å². The zero-order chi connectivity index (χ0) is 16.2. The summed E-state index contributed by atoms with van der Waals surface area (Å²) in [4.78, 5) is 11.5. The van der Waals surface area contributed by atoms with E-state index in [0.29, 0.717) is 25.6 Å². The molecule has 8 heteroatoms. The molecule has 1 aromatic rings. The molecule has 5 nitrogen and oxygen atoms in total. The van der Waals surface area contributed by atoms with Crippen LogP contribution in [0, 0.1) is 16.0 Å². The second-order valence-electron chi connectivity index (χ2n) is 5.52. The zero-order valence-corrected chi connectivity index (χ0v) is 12.0. The number of non-ortho nitro benzene ring substituents is 1. The number of nitro groups is 1. The molecule has 1 aliphatic rings. The standard InChI is InChI=1S/C14H18F3N3O2/c15-14(16,17)10-19-7-5-11(6-8-19)9-18-12-1-3-13(4-2-12)20(21)22/h1-4,11,18H,5-10H2. The van der Waals surface area contributed by atoms with Crippen molar-refractivity contribution in [3.8, 4) is 0 Å². The lowest BCUT2D eigenvalue weighted by Gasteiger charge is -2.32. The fourth-order valence-electron chi connectivity index (χ4n) is 2.57. The summed E-state index contributed by atoms with van der Waals surface area (Å²) in [6.07, 6.45) is -2.70. The van der Waals surface area contributed by atoms with E-state index >= 15 is 0 Å². The van der Waals surface area contributed by atoms with Gasteiger partial charge >= 0.3 is 6.18 Å². The van der Waals surface area contributed by atoms with Gasteiger partial charge in [-0.25, -0.2) is 0 Å². The maximum absolute atomic E-state index is 12.3. The lowest BCUT2D eigenvalue weighted by molar-refractivity contribution is -0.384. The molecule has 1 fully saturated rings. The molecule has 0 amide bonds. The molecule has 1 aromatic carbocycles. The Morgan fingerprint density at radius 3 is 2.32 bits per heavy atom. The molecule has 122 valence electrons. The highest BCUT2D eigenvalue weighted by atomic mass is 19.4. The van der Waals surface area contributed by atoms with Crippen molar-refractivity contribution in [3.05, 3.63) is 34.4 Å². The average molecular weight is 317 g/mol. The first-order valence-electron chi connectivity index (χ1n) is 7.11. The van der Waals surface area contributed by atoms with E-state index in [1.165, 1.54) is 17.0 Å². The van der Waals surface area contributed by atoms with Crippen molar-refractivity contribution in [2.24, 2.45) is 5.92 Å². The largest absolute Gasteiger partial charge is 0.401 e. The van der Waals surface area contributed by atoms with Crippen LogP contribution in [0.5, 0.6) is 0 Å². The second-order valence-corrected chi connectivity index (χ2v) is 5.52. The molecule has 0 saturated carbocycles. The number of nitrogens with zero attached hydrogens (tertiary/aromatic N) is 2. The highest BCUT2D eigenvalue weighted by molar-refractivity contribution is 5.48. The quantitative estimate of drug-likeness (QED) is 0.669. The van der Waals surface area contributed by atoms with Gasteiger partial charge in [0.25, 0.3) is 5.69 Å². The molecule has 0 atom stereocenters. The number of halogens is 3. The monoisotopic (exact) mass is 317 g/mol. The Morgan fingerprint density at radius 1 is 1.23 bits per heavy atom. The zero-order valence-electron chi connectivity index (χ0n) is 12.0. The number of benzene rings is 1. The minimum absolute atomic E-state index is 0.0333. The summed E-state index contributed by atoms with van der Waals surface area (Å²) in [5.41, 5.74) is 0.814. The van der Waals surface area contributed by atoms with Gasteiger partial charge in [0.1, 0.15) is 0 Å². The number of piperidine rings is 1. The van der Waals surface area contributed by atoms with E-state index in [9.17, 15) is 23.3 Å². The normalized spacial score (nSPS) is 17.4. The summed E-state index contributed by atoms with van der Waals surface area (Å²) < 4.78 is 36.9. The van der Waals surface area contributed by atoms with Gasteiger partial charge in [0.2, 0.25) is 0 Å². The Morgan fingerprint density at radius 2 is 1.82 bits per heavy atom. The van der Waals surface area contributed by atoms with Crippen LogP contribution in [0.3, 0.4) is 0 Å². The second kappa shape index (κ2) is 6.95. The molecule has 0 aliphatic carbocycles. The first kappa shape index (κ1) is 16.5. The molecule has 22 heavy (non-hydrogen) atoms. The smallest absolute Gasteiger partial charge is 0.385 e. The summed E-state index contributed by atoms with van der Waals surface area (Å²) >= 11 is 0. The highest BCUT2D eigenvalue weighted by Crippen LogP contribution is 2.23. The van der Waals surface area contributed by atoms with Crippen LogP contribution in [0.25, 0.3) is 0 Å². The Hall–Kier alpha value is -1.83. The van der Waals surface area contributed by atoms with E-state index < -0.39 is 17.6 Å². The van der Waals surface area contributed by atoms with Gasteiger partial charge in [-0.1, -0.05) is 0 Å². The molecular weight excluding hydrogens is 299 g/mol. The maximum Gasteiger partial charge on any atom is 0.401 e. The van der Waals surface area contributed by atoms with Gasteiger partial charge in [0, 0.05) is 24.4 Å². The number of hydrogen-bond donors (Lipinski definition) is 1. The molecule has 0 unspecified atom stereocenters. The third kappa shape index (κ3) is 5.18. The van der Waals surface area contributed by atoms with Crippen LogP contribution in [0.15, 0.2) is 24.3 Å². The molecule has 0 bridgehead atoms. The van der Waals surface area contributed by atoms with E-state index in [0.717, 1.165) is 18.5 Å². The van der Waals surface area contributed by atoms with Crippen LogP contribution in [0.1, 0.15) is 12.8 Å². The van der Waals surface area contributed by atoms with Crippen LogP contribution in [-0.2, 0) is 0 Å². The van der Waals surface area contributed by atoms with Gasteiger partial charge in [-0.15, -0.1) is 0 Å². The minimum Gasteiger partial charge on any atom is -0.385 e. The molecule has 1 saturated heterocycles. The lowest BCUT2D eigenvalue weighted by atomic mass is 9.96. The molecule has 2 rings (SSSR count). The van der Waals surface area contributed by atoms with Gasteiger partial charge in [-0.3, -0.25) is 15.0 Å². The van der Waals surface area contributed by atoms with Gasteiger partial charge in [0.15, 0.2) is 0 Å². The molecule has 0 aromatic heterocycles. The van der Waals surface area contributed by atoms with Crippen molar-refractivity contribution >= 4 is 11.4 Å². The van der Waals surface area contributed by atoms with E-state index in [4.69, 9.17) is 0 Å². The fraction of sp³-hybridized carbons (Fsp3) is 0.571. The summed E-state index contributed by atoms with van der Waals surface area (Å²) in [6.45, 7) is 0.728. The van der Waals surface area contributed by atoms with Crippen molar-refractivity contribution in [2.75, 3.05) is 31.5 Å². The van der Waals surface area contributed by atoms with Gasteiger partial charge < -0.3 is 5.32 Å². The number of rotatable bonds is 5. The summed E-state index contributed by atoms with van der Waals surface area (Å²) in [5.74, 6) is 0.319. The van der Waals surface area contributed by atoms with Gasteiger partial charge in [-0.05, 0) is 44.0 Å². The SMILES string of the molecule is O=[N+]([O-])c1ccc(NCC2CCN(CC(F)(F)F)CC2)cc1. The van der Waals surface area contributed by atoms with Crippen molar-refractivity contribution < 1.29 is 18.1 Å². The average Bonchev–Trinajstić information content (AvgIpc) is 2.45. The molecule has 1 aliphatic heterocycles. The van der Waals surface area contributed by atoms with Crippen LogP contribution in [-0.4, -0.2) is 42.2 Å². The first-order valence-corrected chi connectivity index (χ1v) is 7.11. The molecule has 1 N–H and O–H groups in total. The highest BCUT2D eigenvalue weighted by Gasteiger charge is 2.32. The Balaban J connectivity index is 1.73. The van der Waals surface area contributed by atoms with Crippen LogP contribution in [0.2, 0.25) is 0 Å². The lowest BCUT2D eigenvalue weighted by Crippen LogP contribution is -2.41. The molecule has 1 heterocycles. The third-order valence-corrected chi connectivity index (χ3v) is 3.78. The molecule has 0 radical (unpaired) electrons. The van der Waals surface area contributed by atoms with Crippen molar-refractivity contribution in [1.29, 1.82) is 0 Å². The third-order valence-electron chi connectivity index (χ3n) is 3.78. The molecule has 0 spiro atoms. The number of nitro benzene ring substituents is 1. The van der Waals surface area contributed by atoms with Crippen LogP contribution in [0.4, 0.5) is 24.5 Å². The minimum atomic E-state index is -4.14. The van der Waals surface area contributed by atoms with E-state index in [1.807, 2.05) is 0 Å². The van der Waals surface area contributed by atoms with Crippen LogP contribution < -0.4 is 5.32 Å². The summed E-state index contributed by atoms with van der Waals surface area (Å²) in [6, 6.07) is 6.12. The number of likely N-dealkylation sites (tertiary alicyclic amines) is 1. The Bertz CT molecular complexity index is 497. The molecular formula is C14H18F3N3O2. The van der Waals surface area contributed by atoms with Crippen molar-refractivity contribution in [2.45, 2.75) is 19.0 Å². The predicted octanol–water partition coefficient (Wildman–Crippen LogP) is 3.28. The van der Waals surface area contributed by atoms with Crippen LogP contribution >= 0.6 is 0 Å².